The molecule has 0 saturated carbocycles. The Bertz CT molecular complexity index is 1400. The molecule has 0 radical (unpaired) electrons. The highest BCUT2D eigenvalue weighted by Crippen LogP contribution is 2.19. The van der Waals surface area contributed by atoms with Gasteiger partial charge in [-0.05, 0) is 35.2 Å². The van der Waals surface area contributed by atoms with Crippen molar-refractivity contribution in [2.45, 2.75) is 18.9 Å². The average Bonchev–Trinajstić information content (AvgIpc) is 3.59. The van der Waals surface area contributed by atoms with Crippen molar-refractivity contribution < 1.29 is 9.59 Å². The second-order valence-electron chi connectivity index (χ2n) is 7.65. The molecular weight excluding hydrogens is 436 g/mol. The molecule has 0 saturated heterocycles. The molecule has 8 nitrogen and oxygen atoms in total. The van der Waals surface area contributed by atoms with Crippen LogP contribution in [0, 0.1) is 0 Å². The van der Waals surface area contributed by atoms with E-state index in [0.717, 1.165) is 27.9 Å². The molecule has 0 spiro atoms. The summed E-state index contributed by atoms with van der Waals surface area (Å²) in [5, 5.41) is 17.1. The molecule has 0 bridgehead atoms. The number of benzene rings is 1. The molecule has 0 fully saturated rings. The summed E-state index contributed by atoms with van der Waals surface area (Å²) in [5.74, 6) is 0.272. The minimum atomic E-state index is -0.714. The van der Waals surface area contributed by atoms with Gasteiger partial charge in [0.2, 0.25) is 5.91 Å². The largest absolute Gasteiger partial charge is 0.361 e. The molecule has 33 heavy (non-hydrogen) atoms. The molecule has 166 valence electrons. The van der Waals surface area contributed by atoms with Crippen LogP contribution in [0.2, 0.25) is 0 Å². The number of para-hydroxylation sites is 1. The normalized spacial score (nSPS) is 12.1. The number of rotatable bonds is 8. The third-order valence-corrected chi connectivity index (χ3v) is 6.37. The number of hydrogen-bond acceptors (Lipinski definition) is 5. The molecule has 1 aromatic carbocycles. The average molecular weight is 459 g/mol. The van der Waals surface area contributed by atoms with Gasteiger partial charge < -0.3 is 15.6 Å². The Morgan fingerprint density at radius 1 is 1.06 bits per heavy atom. The molecule has 4 heterocycles. The lowest BCUT2D eigenvalue weighted by molar-refractivity contribution is -0.122. The third kappa shape index (κ3) is 4.49. The molecule has 4 aromatic heterocycles. The lowest BCUT2D eigenvalue weighted by atomic mass is 10.0. The maximum absolute atomic E-state index is 13.1. The highest BCUT2D eigenvalue weighted by molar-refractivity contribution is 7.12. The monoisotopic (exact) mass is 458 g/mol. The molecular formula is C24H22N6O2S. The number of fused-ring (bicyclic) bond motifs is 2. The number of aromatic amines is 1. The first kappa shape index (κ1) is 20.9. The Labute approximate surface area is 193 Å². The zero-order valence-electron chi connectivity index (χ0n) is 17.7. The van der Waals surface area contributed by atoms with Gasteiger partial charge in [0.1, 0.15) is 11.9 Å². The summed E-state index contributed by atoms with van der Waals surface area (Å²) in [6.45, 7) is 0.383. The van der Waals surface area contributed by atoms with Crippen molar-refractivity contribution in [3.05, 3.63) is 88.6 Å². The van der Waals surface area contributed by atoms with Gasteiger partial charge in [0, 0.05) is 42.7 Å². The second kappa shape index (κ2) is 9.25. The maximum atomic E-state index is 13.1. The van der Waals surface area contributed by atoms with Gasteiger partial charge in [-0.3, -0.25) is 14.0 Å². The lowest BCUT2D eigenvalue weighted by Gasteiger charge is -2.18. The van der Waals surface area contributed by atoms with E-state index in [2.05, 4.69) is 25.8 Å². The summed E-state index contributed by atoms with van der Waals surface area (Å²) in [6.07, 6.45) is 4.69. The van der Waals surface area contributed by atoms with E-state index in [1.165, 1.54) is 11.3 Å². The summed E-state index contributed by atoms with van der Waals surface area (Å²) < 4.78 is 1.90. The topological polar surface area (TPSA) is 104 Å². The third-order valence-electron chi connectivity index (χ3n) is 5.50. The van der Waals surface area contributed by atoms with Crippen molar-refractivity contribution in [1.29, 1.82) is 0 Å². The first-order chi connectivity index (χ1) is 16.2. The molecule has 0 aliphatic heterocycles. The van der Waals surface area contributed by atoms with Gasteiger partial charge in [-0.25, -0.2) is 0 Å². The summed E-state index contributed by atoms with van der Waals surface area (Å²) in [4.78, 5) is 29.6. The summed E-state index contributed by atoms with van der Waals surface area (Å²) in [7, 11) is 0. The predicted molar refractivity (Wildman–Crippen MR) is 127 cm³/mol. The molecule has 5 aromatic rings. The second-order valence-corrected chi connectivity index (χ2v) is 8.60. The predicted octanol–water partition coefficient (Wildman–Crippen LogP) is 2.97. The molecule has 1 atom stereocenters. The fourth-order valence-electron chi connectivity index (χ4n) is 3.85. The van der Waals surface area contributed by atoms with Crippen LogP contribution in [0.5, 0.6) is 0 Å². The Morgan fingerprint density at radius 3 is 2.82 bits per heavy atom. The van der Waals surface area contributed by atoms with Crippen LogP contribution in [0.15, 0.2) is 72.4 Å². The summed E-state index contributed by atoms with van der Waals surface area (Å²) in [5.41, 5.74) is 2.73. The van der Waals surface area contributed by atoms with Crippen LogP contribution in [0.3, 0.4) is 0 Å². The van der Waals surface area contributed by atoms with Gasteiger partial charge >= 0.3 is 0 Å². The van der Waals surface area contributed by atoms with Crippen LogP contribution >= 0.6 is 11.3 Å². The van der Waals surface area contributed by atoms with Crippen molar-refractivity contribution in [2.24, 2.45) is 0 Å². The van der Waals surface area contributed by atoms with E-state index in [1.54, 1.807) is 6.07 Å². The Morgan fingerprint density at radius 2 is 1.94 bits per heavy atom. The van der Waals surface area contributed by atoms with Crippen molar-refractivity contribution in [1.82, 2.24) is 30.2 Å². The van der Waals surface area contributed by atoms with Gasteiger partial charge in [-0.2, -0.15) is 0 Å². The zero-order chi connectivity index (χ0) is 22.6. The van der Waals surface area contributed by atoms with E-state index < -0.39 is 6.04 Å². The van der Waals surface area contributed by atoms with E-state index in [-0.39, 0.29) is 11.8 Å². The SMILES string of the molecule is O=C(N[C@H](Cc1c[nH]c2ccccc12)C(=O)NCCc1nnc2ccccn12)c1cccs1. The molecule has 0 unspecified atom stereocenters. The van der Waals surface area contributed by atoms with E-state index in [4.69, 9.17) is 0 Å². The Hall–Kier alpha value is -3.98. The number of hydrogen-bond donors (Lipinski definition) is 3. The van der Waals surface area contributed by atoms with Gasteiger partial charge in [-0.15, -0.1) is 21.5 Å². The van der Waals surface area contributed by atoms with Crippen molar-refractivity contribution in [3.8, 4) is 0 Å². The van der Waals surface area contributed by atoms with Gasteiger partial charge in [0.15, 0.2) is 5.65 Å². The molecule has 9 heteroatoms. The highest BCUT2D eigenvalue weighted by Gasteiger charge is 2.23. The van der Waals surface area contributed by atoms with Crippen molar-refractivity contribution in [3.63, 3.8) is 0 Å². The number of carbonyl (C=O) groups is 2. The maximum Gasteiger partial charge on any atom is 0.262 e. The van der Waals surface area contributed by atoms with Crippen molar-refractivity contribution >= 4 is 39.7 Å². The van der Waals surface area contributed by atoms with E-state index in [1.807, 2.05) is 70.7 Å². The number of pyridine rings is 1. The summed E-state index contributed by atoms with van der Waals surface area (Å²) in [6, 6.07) is 16.5. The van der Waals surface area contributed by atoms with Gasteiger partial charge in [-0.1, -0.05) is 30.3 Å². The van der Waals surface area contributed by atoms with E-state index in [0.29, 0.717) is 24.3 Å². The molecule has 0 aliphatic rings. The molecule has 2 amide bonds. The number of H-pyrrole nitrogens is 1. The van der Waals surface area contributed by atoms with Crippen LogP contribution in [0.1, 0.15) is 21.1 Å². The Kier molecular flexibility index (Phi) is 5.86. The van der Waals surface area contributed by atoms with Crippen LogP contribution in [-0.4, -0.2) is 44.0 Å². The van der Waals surface area contributed by atoms with Crippen LogP contribution in [0.25, 0.3) is 16.6 Å². The number of aromatic nitrogens is 4. The van der Waals surface area contributed by atoms with Crippen LogP contribution in [0.4, 0.5) is 0 Å². The first-order valence-electron chi connectivity index (χ1n) is 10.6. The van der Waals surface area contributed by atoms with Gasteiger partial charge in [0.05, 0.1) is 4.88 Å². The minimum Gasteiger partial charge on any atom is -0.361 e. The fourth-order valence-corrected chi connectivity index (χ4v) is 4.48. The number of carbonyl (C=O) groups excluding carboxylic acids is 2. The molecule has 0 aliphatic carbocycles. The standard InChI is InChI=1S/C24H22N6O2S/c31-23(25-11-10-22-29-28-21-9-3-4-12-30(21)22)19(27-24(32)20-8-5-13-33-20)14-16-15-26-18-7-2-1-6-17(16)18/h1-9,12-13,15,19,26H,10-11,14H2,(H,25,31)(H,27,32)/t19-/m1/s1. The Balaban J connectivity index is 1.30. The highest BCUT2D eigenvalue weighted by atomic mass is 32.1. The zero-order valence-corrected chi connectivity index (χ0v) is 18.5. The van der Waals surface area contributed by atoms with Crippen LogP contribution in [-0.2, 0) is 17.6 Å². The number of nitrogens with zero attached hydrogens (tertiary/aromatic N) is 3. The lowest BCUT2D eigenvalue weighted by Crippen LogP contribution is -2.48. The van der Waals surface area contributed by atoms with E-state index in [9.17, 15) is 9.59 Å². The minimum absolute atomic E-state index is 0.237. The first-order valence-corrected chi connectivity index (χ1v) is 11.5. The molecule has 5 rings (SSSR count). The number of thiophene rings is 1. The number of nitrogens with one attached hydrogen (secondary N) is 3. The fraction of sp³-hybridized carbons (Fsp3) is 0.167. The summed E-state index contributed by atoms with van der Waals surface area (Å²) >= 11 is 1.34. The smallest absolute Gasteiger partial charge is 0.262 e. The van der Waals surface area contributed by atoms with Crippen molar-refractivity contribution in [2.75, 3.05) is 6.54 Å². The van der Waals surface area contributed by atoms with Gasteiger partial charge in [0.25, 0.3) is 5.91 Å². The quantitative estimate of drug-likeness (QED) is 0.333. The van der Waals surface area contributed by atoms with E-state index >= 15 is 0 Å². The molecule has 3 N–H and O–H groups in total. The van der Waals surface area contributed by atoms with Crippen LogP contribution < -0.4 is 10.6 Å². The number of amides is 2.